The highest BCUT2D eigenvalue weighted by Gasteiger charge is 2.24. The molecule has 2 heterocycles. The maximum absolute atomic E-state index is 11.2. The molecule has 0 aliphatic carbocycles. The molecule has 0 aromatic carbocycles. The number of hydrogen-bond acceptors (Lipinski definition) is 5. The normalized spacial score (nSPS) is 10.8. The Balaban J connectivity index is 2.11. The van der Waals surface area contributed by atoms with Crippen LogP contribution in [0.25, 0.3) is 0 Å². The zero-order valence-electron chi connectivity index (χ0n) is 11.9. The molecule has 2 aromatic rings. The van der Waals surface area contributed by atoms with Crippen LogP contribution < -0.4 is 5.32 Å². The molecule has 0 saturated heterocycles. The molecular weight excluding hydrogens is 312 g/mol. The van der Waals surface area contributed by atoms with Crippen LogP contribution in [-0.4, -0.2) is 21.2 Å². The summed E-state index contributed by atoms with van der Waals surface area (Å²) in [6, 6.07) is 3.83. The largest absolute Gasteiger partial charge is 0.364 e. The standard InChI is InChI=1S/C13H17ClN4O2S/c1-3-8-17-13(12(18(19)20)9(2)16-17)15-7-6-10-4-5-11(14)21-10/h4-5,15H,3,6-8H2,1-2H3. The Kier molecular flexibility index (Phi) is 5.19. The summed E-state index contributed by atoms with van der Waals surface area (Å²) in [5, 5.41) is 18.6. The van der Waals surface area contributed by atoms with Crippen LogP contribution >= 0.6 is 22.9 Å². The Hall–Kier alpha value is -1.60. The van der Waals surface area contributed by atoms with E-state index in [1.54, 1.807) is 11.6 Å². The molecule has 0 aliphatic rings. The van der Waals surface area contributed by atoms with Gasteiger partial charge in [0.1, 0.15) is 5.69 Å². The van der Waals surface area contributed by atoms with Crippen LogP contribution in [0.4, 0.5) is 11.5 Å². The van der Waals surface area contributed by atoms with Gasteiger partial charge in [-0.25, -0.2) is 4.68 Å². The van der Waals surface area contributed by atoms with Crippen molar-refractivity contribution >= 4 is 34.4 Å². The molecule has 0 spiro atoms. The van der Waals surface area contributed by atoms with Crippen LogP contribution in [0.1, 0.15) is 23.9 Å². The SMILES string of the molecule is CCCn1nc(C)c([N+](=O)[O-])c1NCCc1ccc(Cl)s1. The minimum Gasteiger partial charge on any atom is -0.364 e. The van der Waals surface area contributed by atoms with E-state index in [4.69, 9.17) is 11.6 Å². The van der Waals surface area contributed by atoms with Crippen molar-refractivity contribution < 1.29 is 4.92 Å². The van der Waals surface area contributed by atoms with E-state index < -0.39 is 0 Å². The summed E-state index contributed by atoms with van der Waals surface area (Å²) in [5.41, 5.74) is 0.503. The maximum Gasteiger partial charge on any atom is 0.333 e. The van der Waals surface area contributed by atoms with Gasteiger partial charge in [0.05, 0.1) is 9.26 Å². The molecule has 0 fully saturated rings. The third kappa shape index (κ3) is 3.74. The second-order valence-corrected chi connectivity index (χ2v) is 6.45. The van der Waals surface area contributed by atoms with Crippen LogP contribution in [0.3, 0.4) is 0 Å². The van der Waals surface area contributed by atoms with Crippen molar-refractivity contribution in [3.63, 3.8) is 0 Å². The van der Waals surface area contributed by atoms with Crippen molar-refractivity contribution in [1.82, 2.24) is 9.78 Å². The number of nitrogens with one attached hydrogen (secondary N) is 1. The summed E-state index contributed by atoms with van der Waals surface area (Å²) in [7, 11) is 0. The lowest BCUT2D eigenvalue weighted by molar-refractivity contribution is -0.384. The molecule has 0 atom stereocenters. The molecule has 1 N–H and O–H groups in total. The van der Waals surface area contributed by atoms with Crippen molar-refractivity contribution in [1.29, 1.82) is 0 Å². The van der Waals surface area contributed by atoms with Gasteiger partial charge in [-0.3, -0.25) is 10.1 Å². The van der Waals surface area contributed by atoms with Gasteiger partial charge in [-0.2, -0.15) is 5.10 Å². The Morgan fingerprint density at radius 3 is 2.86 bits per heavy atom. The van der Waals surface area contributed by atoms with E-state index in [1.807, 2.05) is 19.1 Å². The first-order chi connectivity index (χ1) is 10.0. The third-order valence-corrected chi connectivity index (χ3v) is 4.30. The number of nitrogens with zero attached hydrogens (tertiary/aromatic N) is 3. The number of hydrogen-bond donors (Lipinski definition) is 1. The monoisotopic (exact) mass is 328 g/mol. The van der Waals surface area contributed by atoms with Crippen LogP contribution in [0, 0.1) is 17.0 Å². The number of anilines is 1. The number of rotatable bonds is 7. The summed E-state index contributed by atoms with van der Waals surface area (Å²) in [5.74, 6) is 0.488. The number of nitro groups is 1. The van der Waals surface area contributed by atoms with Gasteiger partial charge in [-0.1, -0.05) is 18.5 Å². The highest BCUT2D eigenvalue weighted by Crippen LogP contribution is 2.28. The maximum atomic E-state index is 11.2. The number of aryl methyl sites for hydroxylation is 2. The second kappa shape index (κ2) is 6.91. The van der Waals surface area contributed by atoms with Crippen molar-refractivity contribution in [3.8, 4) is 0 Å². The fourth-order valence-electron chi connectivity index (χ4n) is 2.13. The molecular formula is C13H17ClN4O2S. The van der Waals surface area contributed by atoms with Gasteiger partial charge in [0.2, 0.25) is 5.82 Å². The molecule has 0 bridgehead atoms. The van der Waals surface area contributed by atoms with Crippen LogP contribution in [-0.2, 0) is 13.0 Å². The Morgan fingerprint density at radius 2 is 2.29 bits per heavy atom. The first-order valence-corrected chi connectivity index (χ1v) is 7.92. The molecule has 21 heavy (non-hydrogen) atoms. The molecule has 0 saturated carbocycles. The molecule has 0 aliphatic heterocycles. The van der Waals surface area contributed by atoms with Gasteiger partial charge < -0.3 is 5.32 Å². The third-order valence-electron chi connectivity index (χ3n) is 3.01. The molecule has 0 amide bonds. The Labute approximate surface area is 131 Å². The summed E-state index contributed by atoms with van der Waals surface area (Å²) in [4.78, 5) is 12.0. The Bertz CT molecular complexity index is 638. The molecule has 6 nitrogen and oxygen atoms in total. The van der Waals surface area contributed by atoms with Gasteiger partial charge in [-0.15, -0.1) is 11.3 Å². The van der Waals surface area contributed by atoms with Gasteiger partial charge in [0.15, 0.2) is 0 Å². The molecule has 2 rings (SSSR count). The zero-order valence-corrected chi connectivity index (χ0v) is 13.5. The van der Waals surface area contributed by atoms with E-state index in [0.717, 1.165) is 22.1 Å². The van der Waals surface area contributed by atoms with Gasteiger partial charge in [0, 0.05) is 18.0 Å². The number of thiophene rings is 1. The molecule has 8 heteroatoms. The average molecular weight is 329 g/mol. The predicted octanol–water partition coefficient (Wildman–Crippen LogP) is 3.88. The summed E-state index contributed by atoms with van der Waals surface area (Å²) < 4.78 is 2.43. The minimum atomic E-state index is -0.376. The van der Waals surface area contributed by atoms with Gasteiger partial charge in [-0.05, 0) is 31.9 Å². The summed E-state index contributed by atoms with van der Waals surface area (Å²) in [6.07, 6.45) is 1.64. The minimum absolute atomic E-state index is 0.0626. The molecule has 0 radical (unpaired) electrons. The summed E-state index contributed by atoms with van der Waals surface area (Å²) >= 11 is 7.41. The van der Waals surface area contributed by atoms with E-state index in [-0.39, 0.29) is 10.6 Å². The van der Waals surface area contributed by atoms with Crippen molar-refractivity contribution in [2.75, 3.05) is 11.9 Å². The van der Waals surface area contributed by atoms with Crippen molar-refractivity contribution in [2.24, 2.45) is 0 Å². The summed E-state index contributed by atoms with van der Waals surface area (Å²) in [6.45, 7) is 4.93. The number of halogens is 1. The molecule has 114 valence electrons. The fourth-order valence-corrected chi connectivity index (χ4v) is 3.22. The number of aromatic nitrogens is 2. The van der Waals surface area contributed by atoms with Gasteiger partial charge >= 0.3 is 5.69 Å². The molecule has 0 unspecified atom stereocenters. The van der Waals surface area contributed by atoms with E-state index in [1.165, 1.54) is 11.3 Å². The first kappa shape index (κ1) is 15.8. The second-order valence-electron chi connectivity index (χ2n) is 4.65. The lowest BCUT2D eigenvalue weighted by Gasteiger charge is -2.07. The average Bonchev–Trinajstić information content (AvgIpc) is 2.94. The zero-order chi connectivity index (χ0) is 15.4. The van der Waals surface area contributed by atoms with E-state index in [0.29, 0.717) is 24.6 Å². The highest BCUT2D eigenvalue weighted by molar-refractivity contribution is 7.16. The predicted molar refractivity (Wildman–Crippen MR) is 85.4 cm³/mol. The van der Waals surface area contributed by atoms with Crippen LogP contribution in [0.5, 0.6) is 0 Å². The van der Waals surface area contributed by atoms with Crippen molar-refractivity contribution in [2.45, 2.75) is 33.2 Å². The first-order valence-electron chi connectivity index (χ1n) is 6.72. The Morgan fingerprint density at radius 1 is 1.52 bits per heavy atom. The van der Waals surface area contributed by atoms with Gasteiger partial charge in [0.25, 0.3) is 0 Å². The lowest BCUT2D eigenvalue weighted by Crippen LogP contribution is -2.11. The van der Waals surface area contributed by atoms with E-state index >= 15 is 0 Å². The highest BCUT2D eigenvalue weighted by atomic mass is 35.5. The topological polar surface area (TPSA) is 73.0 Å². The quantitative estimate of drug-likeness (QED) is 0.618. The lowest BCUT2D eigenvalue weighted by atomic mass is 10.3. The van der Waals surface area contributed by atoms with Crippen LogP contribution in [0.2, 0.25) is 4.34 Å². The van der Waals surface area contributed by atoms with E-state index in [2.05, 4.69) is 10.4 Å². The molecule has 2 aromatic heterocycles. The fraction of sp³-hybridized carbons (Fsp3) is 0.462. The van der Waals surface area contributed by atoms with Crippen molar-refractivity contribution in [3.05, 3.63) is 37.2 Å². The van der Waals surface area contributed by atoms with E-state index in [9.17, 15) is 10.1 Å². The van der Waals surface area contributed by atoms with Crippen LogP contribution in [0.15, 0.2) is 12.1 Å². The smallest absolute Gasteiger partial charge is 0.333 e.